The molecule has 1 heterocycles. The van der Waals surface area contributed by atoms with E-state index in [1.54, 1.807) is 6.92 Å². The second-order valence-corrected chi connectivity index (χ2v) is 5.89. The van der Waals surface area contributed by atoms with Crippen molar-refractivity contribution < 1.29 is 14.0 Å². The monoisotopic (exact) mass is 267 g/mol. The fourth-order valence-corrected chi connectivity index (χ4v) is 3.02. The van der Waals surface area contributed by atoms with Gasteiger partial charge in [0.1, 0.15) is 17.7 Å². The molecule has 4 heteroatoms. The number of ketones is 2. The number of allylic oxidation sites excluding steroid dienone is 1. The van der Waals surface area contributed by atoms with Crippen molar-refractivity contribution in [3.63, 3.8) is 0 Å². The Kier molecular flexibility index (Phi) is 4.07. The maximum Gasteiger partial charge on any atom is 0.146 e. The lowest BCUT2D eigenvalue weighted by atomic mass is 9.70. The van der Waals surface area contributed by atoms with Crippen LogP contribution in [0.5, 0.6) is 0 Å². The molecule has 0 aromatic carbocycles. The Labute approximate surface area is 113 Å². The molecule has 2 aliphatic rings. The number of Topliss-reactive ketones (excluding diaryl/α,β-unsaturated/α-hetero) is 2. The molecule has 0 amide bonds. The summed E-state index contributed by atoms with van der Waals surface area (Å²) in [6, 6.07) is 0. The van der Waals surface area contributed by atoms with Crippen molar-refractivity contribution in [2.45, 2.75) is 51.6 Å². The molecule has 0 bridgehead atoms. The molecule has 19 heavy (non-hydrogen) atoms. The molecule has 1 aliphatic carbocycles. The Morgan fingerprint density at radius 2 is 1.79 bits per heavy atom. The maximum atomic E-state index is 14.4. The molecule has 0 aromatic heterocycles. The van der Waals surface area contributed by atoms with E-state index in [0.717, 1.165) is 25.9 Å². The highest BCUT2D eigenvalue weighted by atomic mass is 19.1. The highest BCUT2D eigenvalue weighted by Gasteiger charge is 2.44. The summed E-state index contributed by atoms with van der Waals surface area (Å²) in [5.74, 6) is -0.221. The number of rotatable bonds is 4. The predicted octanol–water partition coefficient (Wildman–Crippen LogP) is 2.65. The van der Waals surface area contributed by atoms with Crippen LogP contribution in [0.1, 0.15) is 45.4 Å². The van der Waals surface area contributed by atoms with Gasteiger partial charge in [-0.15, -0.1) is 0 Å². The van der Waals surface area contributed by atoms with Gasteiger partial charge in [0, 0.05) is 38.0 Å². The van der Waals surface area contributed by atoms with Gasteiger partial charge in [0.25, 0.3) is 0 Å². The van der Waals surface area contributed by atoms with Crippen LogP contribution in [0.3, 0.4) is 0 Å². The highest BCUT2D eigenvalue weighted by molar-refractivity contribution is 6.08. The first-order valence-electron chi connectivity index (χ1n) is 7.09. The Bertz CT molecular complexity index is 383. The van der Waals surface area contributed by atoms with E-state index in [4.69, 9.17) is 0 Å². The quantitative estimate of drug-likeness (QED) is 0.735. The summed E-state index contributed by atoms with van der Waals surface area (Å²) in [7, 11) is 0. The van der Waals surface area contributed by atoms with E-state index in [1.807, 2.05) is 4.90 Å². The minimum atomic E-state index is -1.30. The van der Waals surface area contributed by atoms with Crippen LogP contribution in [0.4, 0.5) is 4.39 Å². The van der Waals surface area contributed by atoms with E-state index in [1.165, 1.54) is 0 Å². The van der Waals surface area contributed by atoms with Crippen molar-refractivity contribution in [1.82, 2.24) is 4.90 Å². The fraction of sp³-hybridized carbons (Fsp3) is 0.733. The maximum absolute atomic E-state index is 14.4. The van der Waals surface area contributed by atoms with Crippen LogP contribution in [-0.2, 0) is 9.59 Å². The number of halogens is 1. The molecule has 2 fully saturated rings. The van der Waals surface area contributed by atoms with E-state index in [0.29, 0.717) is 25.0 Å². The molecular weight excluding hydrogens is 245 g/mol. The molecule has 1 unspecified atom stereocenters. The molecule has 1 aliphatic heterocycles. The first kappa shape index (κ1) is 14.2. The van der Waals surface area contributed by atoms with Gasteiger partial charge in [-0.05, 0) is 26.2 Å². The molecule has 0 aromatic rings. The van der Waals surface area contributed by atoms with Gasteiger partial charge in [0.05, 0.1) is 5.41 Å². The lowest BCUT2D eigenvalue weighted by Gasteiger charge is -2.33. The van der Waals surface area contributed by atoms with E-state index in [2.05, 4.69) is 6.58 Å². The molecule has 1 atom stereocenters. The van der Waals surface area contributed by atoms with Crippen molar-refractivity contribution in [2.24, 2.45) is 5.41 Å². The molecule has 0 spiro atoms. The Morgan fingerprint density at radius 1 is 1.26 bits per heavy atom. The Balaban J connectivity index is 2.03. The smallest absolute Gasteiger partial charge is 0.146 e. The first-order chi connectivity index (χ1) is 8.95. The van der Waals surface area contributed by atoms with Crippen LogP contribution in [-0.4, -0.2) is 35.7 Å². The molecule has 1 saturated heterocycles. The van der Waals surface area contributed by atoms with Gasteiger partial charge < -0.3 is 4.90 Å². The standard InChI is InChI=1S/C15H22FNO2/c1-11(17-8-3-4-9-17)12(16)10-15(2)13(18)6-5-7-14(15)19/h12H,1,3-10H2,2H3. The zero-order valence-electron chi connectivity index (χ0n) is 11.6. The third-order valence-electron chi connectivity index (χ3n) is 4.50. The molecule has 0 radical (unpaired) electrons. The van der Waals surface area contributed by atoms with Crippen molar-refractivity contribution in [3.05, 3.63) is 12.3 Å². The summed E-state index contributed by atoms with van der Waals surface area (Å²) in [5, 5.41) is 0. The van der Waals surface area contributed by atoms with E-state index in [9.17, 15) is 14.0 Å². The van der Waals surface area contributed by atoms with Crippen LogP contribution in [0.25, 0.3) is 0 Å². The first-order valence-corrected chi connectivity index (χ1v) is 7.09. The molecule has 3 nitrogen and oxygen atoms in total. The molecule has 0 N–H and O–H groups in total. The molecular formula is C15H22FNO2. The summed E-state index contributed by atoms with van der Waals surface area (Å²) >= 11 is 0. The highest BCUT2D eigenvalue weighted by Crippen LogP contribution is 2.36. The van der Waals surface area contributed by atoms with Crippen molar-refractivity contribution in [3.8, 4) is 0 Å². The topological polar surface area (TPSA) is 37.4 Å². The van der Waals surface area contributed by atoms with Crippen LogP contribution >= 0.6 is 0 Å². The summed E-state index contributed by atoms with van der Waals surface area (Å²) in [4.78, 5) is 25.9. The van der Waals surface area contributed by atoms with Gasteiger partial charge in [0.2, 0.25) is 0 Å². The van der Waals surface area contributed by atoms with Crippen molar-refractivity contribution in [1.29, 1.82) is 0 Å². The predicted molar refractivity (Wildman–Crippen MR) is 71.4 cm³/mol. The lowest BCUT2D eigenvalue weighted by Crippen LogP contribution is -2.43. The number of alkyl halides is 1. The van der Waals surface area contributed by atoms with Gasteiger partial charge in [-0.1, -0.05) is 6.58 Å². The number of hydrogen-bond acceptors (Lipinski definition) is 3. The third kappa shape index (κ3) is 2.72. The van der Waals surface area contributed by atoms with Crippen LogP contribution in [0, 0.1) is 5.41 Å². The Hall–Kier alpha value is -1.19. The van der Waals surface area contributed by atoms with Crippen LogP contribution < -0.4 is 0 Å². The molecule has 2 rings (SSSR count). The van der Waals surface area contributed by atoms with E-state index < -0.39 is 11.6 Å². The van der Waals surface area contributed by atoms with Gasteiger partial charge in [-0.3, -0.25) is 9.59 Å². The number of likely N-dealkylation sites (tertiary alicyclic amines) is 1. The van der Waals surface area contributed by atoms with E-state index >= 15 is 0 Å². The molecule has 1 saturated carbocycles. The number of carbonyl (C=O) groups excluding carboxylic acids is 2. The second kappa shape index (κ2) is 5.43. The normalized spacial score (nSPS) is 24.6. The van der Waals surface area contributed by atoms with Crippen LogP contribution in [0.15, 0.2) is 12.3 Å². The van der Waals surface area contributed by atoms with Gasteiger partial charge in [-0.2, -0.15) is 0 Å². The number of hydrogen-bond donors (Lipinski definition) is 0. The summed E-state index contributed by atoms with van der Waals surface area (Å²) in [6.45, 7) is 7.07. The summed E-state index contributed by atoms with van der Waals surface area (Å²) in [6.07, 6.45) is 2.17. The number of nitrogens with zero attached hydrogens (tertiary/aromatic N) is 1. The third-order valence-corrected chi connectivity index (χ3v) is 4.50. The Morgan fingerprint density at radius 3 is 2.32 bits per heavy atom. The van der Waals surface area contributed by atoms with Gasteiger partial charge in [-0.25, -0.2) is 4.39 Å². The fourth-order valence-electron chi connectivity index (χ4n) is 3.02. The molecule has 106 valence electrons. The SMILES string of the molecule is C=C(C(F)CC1(C)C(=O)CCCC1=O)N1CCCC1. The zero-order chi connectivity index (χ0) is 14.0. The average Bonchev–Trinajstić information content (AvgIpc) is 2.89. The number of carbonyl (C=O) groups is 2. The average molecular weight is 267 g/mol. The van der Waals surface area contributed by atoms with Crippen LogP contribution in [0.2, 0.25) is 0 Å². The minimum Gasteiger partial charge on any atom is -0.373 e. The lowest BCUT2D eigenvalue weighted by molar-refractivity contribution is -0.144. The minimum absolute atomic E-state index is 0.0417. The largest absolute Gasteiger partial charge is 0.373 e. The van der Waals surface area contributed by atoms with Gasteiger partial charge in [0.15, 0.2) is 0 Å². The van der Waals surface area contributed by atoms with E-state index in [-0.39, 0.29) is 18.0 Å². The van der Waals surface area contributed by atoms with Crippen molar-refractivity contribution >= 4 is 11.6 Å². The summed E-state index contributed by atoms with van der Waals surface area (Å²) < 4.78 is 14.4. The second-order valence-electron chi connectivity index (χ2n) is 5.89. The summed E-state index contributed by atoms with van der Waals surface area (Å²) in [5.41, 5.74) is -0.703. The van der Waals surface area contributed by atoms with Crippen molar-refractivity contribution in [2.75, 3.05) is 13.1 Å². The zero-order valence-corrected chi connectivity index (χ0v) is 11.6. The van der Waals surface area contributed by atoms with Gasteiger partial charge >= 0.3 is 0 Å².